The van der Waals surface area contributed by atoms with Gasteiger partial charge in [-0.2, -0.15) is 35.7 Å². The van der Waals surface area contributed by atoms with E-state index in [0.29, 0.717) is 85.2 Å². The molecule has 2 aromatic heterocycles. The molecule has 0 amide bonds. The van der Waals surface area contributed by atoms with Crippen molar-refractivity contribution in [3.8, 4) is 39.5 Å². The number of anilines is 2. The lowest BCUT2D eigenvalue weighted by atomic mass is 10.0. The molecule has 6 aromatic carbocycles. The van der Waals surface area contributed by atoms with Crippen LogP contribution in [0.3, 0.4) is 0 Å². The molecule has 0 bridgehead atoms. The summed E-state index contributed by atoms with van der Waals surface area (Å²) in [6, 6.07) is 47.0. The Hall–Kier alpha value is -7.60. The molecule has 8 aromatic rings. The smallest absolute Gasteiger partial charge is 0.379 e. The quantitative estimate of drug-likeness (QED) is 0.0195. The molecule has 0 radical (unpaired) electrons. The molecule has 0 atom stereocenters. The molecular weight excluding hydrogens is 1200 g/mol. The number of halogens is 1. The molecule has 0 saturated heterocycles. The average Bonchev–Trinajstić information content (AvgIpc) is 2.08. The summed E-state index contributed by atoms with van der Waals surface area (Å²) in [4.78, 5) is 3.86. The summed E-state index contributed by atoms with van der Waals surface area (Å²) in [5, 5.41) is 1.56. The number of hydroxylamine groups is 1. The highest BCUT2D eigenvalue weighted by atomic mass is 35.5. The van der Waals surface area contributed by atoms with Crippen LogP contribution in [0.25, 0.3) is 56.4 Å². The van der Waals surface area contributed by atoms with Crippen LogP contribution in [0.2, 0.25) is 5.02 Å². The maximum atomic E-state index is 12.2. The van der Waals surface area contributed by atoms with Crippen molar-refractivity contribution < 1.29 is 66.4 Å². The number of ether oxygens (including phenoxy) is 3. The number of hydrogen-bond acceptors (Lipinski definition) is 15. The first-order valence-electron chi connectivity index (χ1n) is 29.3. The third-order valence-corrected chi connectivity index (χ3v) is 17.4. The van der Waals surface area contributed by atoms with E-state index in [0.717, 1.165) is 66.9 Å². The van der Waals surface area contributed by atoms with Gasteiger partial charge in [-0.1, -0.05) is 125 Å². The number of fused-ring (bicyclic) bond motifs is 4. The second-order valence-corrected chi connectivity index (χ2v) is 26.2. The maximum absolute atomic E-state index is 12.2. The maximum Gasteiger partial charge on any atom is 0.379 e. The van der Waals surface area contributed by atoms with Crippen molar-refractivity contribution in [3.63, 3.8) is 0 Å². The fourth-order valence-corrected chi connectivity index (χ4v) is 11.9. The Bertz CT molecular complexity index is 4160. The van der Waals surface area contributed by atoms with Crippen LogP contribution < -0.4 is 38.6 Å². The summed E-state index contributed by atoms with van der Waals surface area (Å²) in [6.45, 7) is 9.56. The first kappa shape index (κ1) is 66.4. The number of aromatic nitrogens is 2. The summed E-state index contributed by atoms with van der Waals surface area (Å²) < 4.78 is 122. The number of unbranched alkanes of at least 4 members (excludes halogenated alkanes) is 3. The molecule has 2 aliphatic heterocycles. The molecule has 0 fully saturated rings. The van der Waals surface area contributed by atoms with E-state index in [1.165, 1.54) is 12.8 Å². The van der Waals surface area contributed by atoms with Gasteiger partial charge >= 0.3 is 16.0 Å². The van der Waals surface area contributed by atoms with E-state index in [2.05, 4.69) is 30.0 Å². The number of hydrogen-bond donors (Lipinski definition) is 1. The van der Waals surface area contributed by atoms with Crippen LogP contribution in [-0.4, -0.2) is 78.4 Å². The van der Waals surface area contributed by atoms with Crippen LogP contribution in [0.15, 0.2) is 173 Å². The Balaban J connectivity index is 0.000000220. The SMILES string of the molecule is CCC(=Cc1oc2ccc(Cl)cc2[n+]1C)C=C1Oc2ccc(-c3ccccc3)cc2N1CCS(=O)(=O)[OH2+].CCCC.CCNOS(=O)(=O)CCCCN1/C(=C/c2ccc3cc(OC)ccc3[n+]2CCCCS(=O)(=O)[O-])Oc2ccc(-c3ccccc3)cc21. The minimum absolute atomic E-state index is 0.0941. The van der Waals surface area contributed by atoms with E-state index < -0.39 is 36.1 Å². The van der Waals surface area contributed by atoms with Gasteiger partial charge < -0.3 is 37.5 Å². The highest BCUT2D eigenvalue weighted by Crippen LogP contribution is 2.44. The number of pyridine rings is 1. The number of rotatable bonds is 24. The molecule has 0 spiro atoms. The number of methoxy groups -OCH3 is 1. The fourth-order valence-electron chi connectivity index (χ4n) is 9.77. The Morgan fingerprint density at radius 1 is 0.670 bits per heavy atom. The van der Waals surface area contributed by atoms with Gasteiger partial charge in [0.05, 0.1) is 51.9 Å². The highest BCUT2D eigenvalue weighted by molar-refractivity contribution is 7.86. The van der Waals surface area contributed by atoms with Gasteiger partial charge in [-0.15, -0.1) is 0 Å². The average molecular weight is 1280 g/mol. The van der Waals surface area contributed by atoms with Gasteiger partial charge in [0.15, 0.2) is 11.5 Å². The van der Waals surface area contributed by atoms with E-state index in [-0.39, 0.29) is 24.5 Å². The summed E-state index contributed by atoms with van der Waals surface area (Å²) in [5.41, 5.74) is 12.4. The molecule has 3 N–H and O–H groups in total. The predicted octanol–water partition coefficient (Wildman–Crippen LogP) is 11.9. The lowest BCUT2D eigenvalue weighted by Crippen LogP contribution is -2.38. The zero-order valence-electron chi connectivity index (χ0n) is 50.3. The monoisotopic (exact) mass is 1280 g/mol. The molecular formula is C66H76ClN5O13S3+2. The predicted molar refractivity (Wildman–Crippen MR) is 347 cm³/mol. The second kappa shape index (κ2) is 30.5. The van der Waals surface area contributed by atoms with Crippen molar-refractivity contribution in [2.24, 2.45) is 7.05 Å². The number of aryl methyl sites for hydroxylation is 2. The van der Waals surface area contributed by atoms with Gasteiger partial charge in [-0.05, 0) is 108 Å². The molecule has 18 nitrogen and oxygen atoms in total. The standard InChI is InChI=1S/C34H39N3O8S2.C28H25ClN2O5S.C4H10/c1-3-35-45-47(41,42)22-10-8-20-37-32-24-27(26-11-5-4-6-12-26)14-18-33(32)44-34(37)25-29-15-13-28-23-30(43-2)16-17-31(28)36(29)19-7-9-21-46(38,39)40;1-3-19(15-27-30(2)23-18-22(29)10-12-25(23)35-27)16-28-31(13-14-37(32,33)34)24-17-21(9-11-26(24)36-28)20-7-5-4-6-8-20;1-3-4-2/h4-6,11-18,23-25,35H,3,7-10,19-22H2,1-2H3;4-12,15-18H,3,13-14H2,1-2H3;3-4H2,1-2H3/p+2. The van der Waals surface area contributed by atoms with Crippen LogP contribution in [0.1, 0.15) is 84.2 Å². The number of benzene rings is 6. The molecule has 0 aliphatic carbocycles. The Morgan fingerprint density at radius 2 is 1.30 bits per heavy atom. The highest BCUT2D eigenvalue weighted by Gasteiger charge is 2.31. The molecule has 88 heavy (non-hydrogen) atoms. The summed E-state index contributed by atoms with van der Waals surface area (Å²) in [7, 11) is -8.42. The number of nitrogens with zero attached hydrogens (tertiary/aromatic N) is 4. The number of allylic oxidation sites excluding steroid dienone is 2. The van der Waals surface area contributed by atoms with Gasteiger partial charge in [0.25, 0.3) is 15.6 Å². The van der Waals surface area contributed by atoms with E-state index in [1.807, 2.05) is 180 Å². The van der Waals surface area contributed by atoms with Crippen LogP contribution >= 0.6 is 11.6 Å². The third kappa shape index (κ3) is 18.0. The first-order chi connectivity index (χ1) is 42.2. The lowest BCUT2D eigenvalue weighted by Gasteiger charge is -2.19. The minimum Gasteiger partial charge on any atom is -0.748 e. The molecule has 22 heteroatoms. The lowest BCUT2D eigenvalue weighted by molar-refractivity contribution is -0.673. The minimum atomic E-state index is -4.31. The van der Waals surface area contributed by atoms with Crippen LogP contribution in [0, 0.1) is 0 Å². The molecule has 0 unspecified atom stereocenters. The van der Waals surface area contributed by atoms with Crippen molar-refractivity contribution in [1.29, 1.82) is 0 Å². The number of oxazole rings is 1. The summed E-state index contributed by atoms with van der Waals surface area (Å²) in [5.74, 6) is 2.86. The fraction of sp³-hybridized carbons (Fsp3) is 0.303. The number of nitrogens with one attached hydrogen (secondary N) is 1. The van der Waals surface area contributed by atoms with Crippen molar-refractivity contribution in [2.45, 2.75) is 79.2 Å². The van der Waals surface area contributed by atoms with Crippen LogP contribution in [0.4, 0.5) is 11.4 Å². The summed E-state index contributed by atoms with van der Waals surface area (Å²) in [6.07, 6.45) is 10.7. The Labute approximate surface area is 521 Å². The van der Waals surface area contributed by atoms with Gasteiger partial charge in [0.2, 0.25) is 28.6 Å². The van der Waals surface area contributed by atoms with Crippen LogP contribution in [-0.2, 0) is 48.2 Å². The Kier molecular flexibility index (Phi) is 23.0. The molecule has 2 aliphatic rings. The van der Waals surface area contributed by atoms with Crippen molar-refractivity contribution in [3.05, 3.63) is 186 Å². The van der Waals surface area contributed by atoms with Crippen LogP contribution in [0.5, 0.6) is 17.2 Å². The summed E-state index contributed by atoms with van der Waals surface area (Å²) >= 11 is 6.16. The topological polar surface area (TPSA) is 225 Å². The second-order valence-electron chi connectivity index (χ2n) is 20.9. The normalized spacial score (nSPS) is 14.1. The first-order valence-corrected chi connectivity index (χ1v) is 34.5. The molecule has 0 saturated carbocycles. The zero-order chi connectivity index (χ0) is 63.0. The Morgan fingerprint density at radius 3 is 1.89 bits per heavy atom. The van der Waals surface area contributed by atoms with E-state index in [4.69, 9.17) is 39.1 Å². The van der Waals surface area contributed by atoms with Crippen molar-refractivity contribution >= 4 is 87.5 Å². The molecule has 4 heterocycles. The van der Waals surface area contributed by atoms with Gasteiger partial charge in [-0.3, -0.25) is 0 Å². The van der Waals surface area contributed by atoms with Gasteiger partial charge in [0.1, 0.15) is 25.1 Å². The van der Waals surface area contributed by atoms with Crippen molar-refractivity contribution in [1.82, 2.24) is 5.48 Å². The van der Waals surface area contributed by atoms with E-state index in [1.54, 1.807) is 20.1 Å². The van der Waals surface area contributed by atoms with Crippen molar-refractivity contribution in [2.75, 3.05) is 53.8 Å². The van der Waals surface area contributed by atoms with Gasteiger partial charge in [-0.25, -0.2) is 8.42 Å². The van der Waals surface area contributed by atoms with E-state index >= 15 is 0 Å². The third-order valence-electron chi connectivity index (χ3n) is 14.5. The molecule has 10 rings (SSSR count). The largest absolute Gasteiger partial charge is 0.748 e. The van der Waals surface area contributed by atoms with Gasteiger partial charge in [0, 0.05) is 61.1 Å². The van der Waals surface area contributed by atoms with E-state index in [9.17, 15) is 29.8 Å². The zero-order valence-corrected chi connectivity index (χ0v) is 53.5. The molecule has 466 valence electrons.